The summed E-state index contributed by atoms with van der Waals surface area (Å²) in [5.74, 6) is -1.24. The number of carboxylic acids is 1. The Kier molecular flexibility index (Phi) is 7.24. The minimum absolute atomic E-state index is 0.198. The summed E-state index contributed by atoms with van der Waals surface area (Å²) < 4.78 is 0.361. The van der Waals surface area contributed by atoms with Crippen molar-refractivity contribution < 1.29 is 14.7 Å². The zero-order valence-electron chi connectivity index (χ0n) is 13.9. The van der Waals surface area contributed by atoms with E-state index < -0.39 is 5.97 Å². The summed E-state index contributed by atoms with van der Waals surface area (Å²) in [7, 11) is 0. The van der Waals surface area contributed by atoms with E-state index in [-0.39, 0.29) is 17.7 Å². The van der Waals surface area contributed by atoms with Crippen molar-refractivity contribution in [3.05, 3.63) is 35.4 Å². The SMILES string of the molecule is CCCCCCc1ccc(CC2SC(=S)N(CC(=O)O)C2=O)cc1. The molecular weight excluding hydrogens is 342 g/mol. The normalized spacial score (nSPS) is 17.5. The summed E-state index contributed by atoms with van der Waals surface area (Å²) in [6.45, 7) is 1.86. The van der Waals surface area contributed by atoms with Crippen LogP contribution in [-0.4, -0.2) is 38.0 Å². The molecule has 1 fully saturated rings. The molecule has 1 amide bonds. The van der Waals surface area contributed by atoms with Crippen molar-refractivity contribution in [2.45, 2.75) is 50.7 Å². The van der Waals surface area contributed by atoms with Crippen LogP contribution in [0.25, 0.3) is 0 Å². The van der Waals surface area contributed by atoms with E-state index in [1.807, 2.05) is 0 Å². The van der Waals surface area contributed by atoms with Crippen LogP contribution in [0.5, 0.6) is 0 Å². The fraction of sp³-hybridized carbons (Fsp3) is 0.500. The standard InChI is InChI=1S/C18H23NO3S2/c1-2-3-4-5-6-13-7-9-14(10-8-13)11-15-17(22)19(12-16(20)21)18(23)24-15/h7-10,15H,2-6,11-12H2,1H3,(H,20,21). The van der Waals surface area contributed by atoms with E-state index in [9.17, 15) is 9.59 Å². The number of aliphatic carboxylic acids is 1. The number of benzene rings is 1. The van der Waals surface area contributed by atoms with Gasteiger partial charge in [0.25, 0.3) is 0 Å². The van der Waals surface area contributed by atoms with Gasteiger partial charge in [0.05, 0.1) is 5.25 Å². The molecule has 0 radical (unpaired) electrons. The largest absolute Gasteiger partial charge is 0.480 e. The van der Waals surface area contributed by atoms with E-state index in [1.54, 1.807) is 0 Å². The Balaban J connectivity index is 1.88. The maximum absolute atomic E-state index is 12.3. The molecule has 1 aliphatic rings. The van der Waals surface area contributed by atoms with Gasteiger partial charge in [-0.15, -0.1) is 0 Å². The van der Waals surface area contributed by atoms with Crippen molar-refractivity contribution in [2.24, 2.45) is 0 Å². The predicted molar refractivity (Wildman–Crippen MR) is 101 cm³/mol. The van der Waals surface area contributed by atoms with Crippen LogP contribution in [0.1, 0.15) is 43.7 Å². The van der Waals surface area contributed by atoms with Gasteiger partial charge in [0, 0.05) is 0 Å². The summed E-state index contributed by atoms with van der Waals surface area (Å²) in [5, 5.41) is 8.54. The van der Waals surface area contributed by atoms with Gasteiger partial charge in [-0.2, -0.15) is 0 Å². The number of rotatable bonds is 9. The fourth-order valence-corrected chi connectivity index (χ4v) is 4.25. The van der Waals surface area contributed by atoms with Crippen LogP contribution < -0.4 is 0 Å². The number of hydrogen-bond donors (Lipinski definition) is 1. The lowest BCUT2D eigenvalue weighted by molar-refractivity contribution is -0.141. The van der Waals surface area contributed by atoms with Crippen molar-refractivity contribution >= 4 is 40.2 Å². The highest BCUT2D eigenvalue weighted by Crippen LogP contribution is 2.29. The van der Waals surface area contributed by atoms with E-state index in [1.165, 1.54) is 47.9 Å². The second-order valence-electron chi connectivity index (χ2n) is 6.02. The number of carboxylic acid groups (broad SMARTS) is 1. The molecule has 0 aliphatic carbocycles. The molecule has 0 aromatic heterocycles. The molecule has 1 unspecified atom stereocenters. The minimum atomic E-state index is -1.04. The van der Waals surface area contributed by atoms with Gasteiger partial charge < -0.3 is 5.11 Å². The topological polar surface area (TPSA) is 57.6 Å². The summed E-state index contributed by atoms with van der Waals surface area (Å²) in [6, 6.07) is 8.37. The molecule has 4 nitrogen and oxygen atoms in total. The quantitative estimate of drug-likeness (QED) is 0.534. The molecule has 1 aliphatic heterocycles. The molecule has 0 saturated carbocycles. The number of unbranched alkanes of at least 4 members (excludes halogenated alkanes) is 3. The van der Waals surface area contributed by atoms with Crippen LogP contribution in [0.4, 0.5) is 0 Å². The number of thiocarbonyl (C=S) groups is 1. The first-order valence-corrected chi connectivity index (χ1v) is 9.61. The van der Waals surface area contributed by atoms with Gasteiger partial charge in [-0.1, -0.05) is 74.4 Å². The summed E-state index contributed by atoms with van der Waals surface area (Å²) >= 11 is 6.41. The van der Waals surface area contributed by atoms with E-state index in [4.69, 9.17) is 17.3 Å². The number of hydrogen-bond acceptors (Lipinski definition) is 4. The van der Waals surface area contributed by atoms with Crippen molar-refractivity contribution in [1.29, 1.82) is 0 Å². The summed E-state index contributed by atoms with van der Waals surface area (Å²) in [5.41, 5.74) is 2.40. The molecule has 130 valence electrons. The van der Waals surface area contributed by atoms with Gasteiger partial charge in [0.15, 0.2) is 0 Å². The molecule has 1 saturated heterocycles. The number of amides is 1. The number of aryl methyl sites for hydroxylation is 1. The Morgan fingerprint density at radius 1 is 1.21 bits per heavy atom. The Bertz CT molecular complexity index is 601. The van der Waals surface area contributed by atoms with Crippen molar-refractivity contribution in [1.82, 2.24) is 4.90 Å². The second kappa shape index (κ2) is 9.18. The third kappa shape index (κ3) is 5.31. The first-order chi connectivity index (χ1) is 11.5. The number of carbonyl (C=O) groups excluding carboxylic acids is 1. The predicted octanol–water partition coefficient (Wildman–Crippen LogP) is 3.67. The first-order valence-electron chi connectivity index (χ1n) is 8.33. The molecule has 0 spiro atoms. The Morgan fingerprint density at radius 3 is 2.50 bits per heavy atom. The van der Waals surface area contributed by atoms with E-state index >= 15 is 0 Å². The second-order valence-corrected chi connectivity index (χ2v) is 7.86. The fourth-order valence-electron chi connectivity index (χ4n) is 2.72. The van der Waals surface area contributed by atoms with Crippen LogP contribution in [0, 0.1) is 0 Å². The highest BCUT2D eigenvalue weighted by Gasteiger charge is 2.37. The lowest BCUT2D eigenvalue weighted by Crippen LogP contribution is -2.36. The van der Waals surface area contributed by atoms with Crippen LogP contribution >= 0.6 is 24.0 Å². The van der Waals surface area contributed by atoms with Crippen LogP contribution in [0.15, 0.2) is 24.3 Å². The summed E-state index contributed by atoms with van der Waals surface area (Å²) in [4.78, 5) is 24.3. The summed E-state index contributed by atoms with van der Waals surface area (Å²) in [6.07, 6.45) is 6.67. The third-order valence-electron chi connectivity index (χ3n) is 4.06. The van der Waals surface area contributed by atoms with Gasteiger partial charge in [-0.3, -0.25) is 14.5 Å². The highest BCUT2D eigenvalue weighted by atomic mass is 32.2. The highest BCUT2D eigenvalue weighted by molar-refractivity contribution is 8.24. The van der Waals surface area contributed by atoms with E-state index in [0.717, 1.165) is 12.0 Å². The maximum Gasteiger partial charge on any atom is 0.323 e. The lowest BCUT2D eigenvalue weighted by atomic mass is 10.0. The monoisotopic (exact) mass is 365 g/mol. The molecular formula is C18H23NO3S2. The first kappa shape index (κ1) is 18.9. The Morgan fingerprint density at radius 2 is 1.88 bits per heavy atom. The van der Waals surface area contributed by atoms with Gasteiger partial charge in [-0.05, 0) is 30.4 Å². The van der Waals surface area contributed by atoms with Crippen LogP contribution in [0.2, 0.25) is 0 Å². The van der Waals surface area contributed by atoms with Gasteiger partial charge in [0.2, 0.25) is 5.91 Å². The van der Waals surface area contributed by atoms with Crippen molar-refractivity contribution in [3.8, 4) is 0 Å². The zero-order chi connectivity index (χ0) is 17.5. The molecule has 24 heavy (non-hydrogen) atoms. The third-order valence-corrected chi connectivity index (χ3v) is 5.65. The van der Waals surface area contributed by atoms with Gasteiger partial charge in [-0.25, -0.2) is 0 Å². The average molecular weight is 366 g/mol. The maximum atomic E-state index is 12.3. The van der Waals surface area contributed by atoms with Gasteiger partial charge >= 0.3 is 5.97 Å². The molecule has 0 bridgehead atoms. The molecule has 1 aromatic rings. The lowest BCUT2D eigenvalue weighted by Gasteiger charge is -2.12. The van der Waals surface area contributed by atoms with Crippen molar-refractivity contribution in [3.63, 3.8) is 0 Å². The minimum Gasteiger partial charge on any atom is -0.480 e. The molecule has 1 atom stereocenters. The zero-order valence-corrected chi connectivity index (χ0v) is 15.5. The molecule has 1 aromatic carbocycles. The molecule has 1 N–H and O–H groups in total. The number of carbonyl (C=O) groups is 2. The molecule has 2 rings (SSSR count). The van der Waals surface area contributed by atoms with Crippen molar-refractivity contribution in [2.75, 3.05) is 6.54 Å². The average Bonchev–Trinajstić information content (AvgIpc) is 2.80. The Labute approximate surface area is 152 Å². The number of nitrogens with zero attached hydrogens (tertiary/aromatic N) is 1. The van der Waals surface area contributed by atoms with Crippen LogP contribution in [0.3, 0.4) is 0 Å². The molecule has 1 heterocycles. The van der Waals surface area contributed by atoms with E-state index in [0.29, 0.717) is 10.7 Å². The number of thioether (sulfide) groups is 1. The van der Waals surface area contributed by atoms with Crippen LogP contribution in [-0.2, 0) is 22.4 Å². The van der Waals surface area contributed by atoms with Gasteiger partial charge in [0.1, 0.15) is 10.9 Å². The smallest absolute Gasteiger partial charge is 0.323 e. The molecule has 6 heteroatoms. The Hall–Kier alpha value is -1.40. The van der Waals surface area contributed by atoms with E-state index in [2.05, 4.69) is 31.2 Å².